The van der Waals surface area contributed by atoms with Crippen molar-refractivity contribution in [3.8, 4) is 0 Å². The third-order valence-electron chi connectivity index (χ3n) is 4.89. The summed E-state index contributed by atoms with van der Waals surface area (Å²) in [5.41, 5.74) is 4.90. The van der Waals surface area contributed by atoms with Gasteiger partial charge in [-0.05, 0) is 45.1 Å². The van der Waals surface area contributed by atoms with E-state index < -0.39 is 0 Å². The number of aromatic amines is 1. The predicted molar refractivity (Wildman–Crippen MR) is 92.8 cm³/mol. The maximum absolute atomic E-state index is 13.0. The van der Waals surface area contributed by atoms with Crippen LogP contribution in [0.25, 0.3) is 0 Å². The van der Waals surface area contributed by atoms with Crippen molar-refractivity contribution in [1.29, 1.82) is 0 Å². The van der Waals surface area contributed by atoms with Crippen molar-refractivity contribution in [3.63, 3.8) is 0 Å². The van der Waals surface area contributed by atoms with Gasteiger partial charge in [0.15, 0.2) is 0 Å². The van der Waals surface area contributed by atoms with Crippen LogP contribution >= 0.6 is 0 Å². The van der Waals surface area contributed by atoms with Gasteiger partial charge in [0.2, 0.25) is 0 Å². The molecule has 2 aromatic rings. The zero-order valence-corrected chi connectivity index (χ0v) is 15.3. The van der Waals surface area contributed by atoms with Crippen molar-refractivity contribution in [2.75, 3.05) is 6.54 Å². The maximum Gasteiger partial charge on any atom is 0.274 e. The van der Waals surface area contributed by atoms with E-state index in [-0.39, 0.29) is 11.9 Å². The molecular formula is C18H27N5O. The largest absolute Gasteiger partial charge is 0.330 e. The molecular weight excluding hydrogens is 302 g/mol. The van der Waals surface area contributed by atoms with Crippen LogP contribution in [-0.4, -0.2) is 37.3 Å². The molecule has 0 saturated carbocycles. The molecule has 130 valence electrons. The third kappa shape index (κ3) is 2.97. The van der Waals surface area contributed by atoms with Crippen LogP contribution in [0, 0.1) is 19.8 Å². The fourth-order valence-electron chi connectivity index (χ4n) is 3.74. The summed E-state index contributed by atoms with van der Waals surface area (Å²) >= 11 is 0. The number of aromatic nitrogens is 4. The Morgan fingerprint density at radius 3 is 2.79 bits per heavy atom. The number of hydrogen-bond donors (Lipinski definition) is 1. The Hall–Kier alpha value is -2.11. The minimum Gasteiger partial charge on any atom is -0.330 e. The number of aryl methyl sites for hydroxylation is 2. The average Bonchev–Trinajstić information content (AvgIpc) is 3.19. The molecule has 1 amide bonds. The van der Waals surface area contributed by atoms with Crippen molar-refractivity contribution in [2.45, 2.75) is 53.0 Å². The molecule has 1 atom stereocenters. The van der Waals surface area contributed by atoms with Gasteiger partial charge in [-0.25, -0.2) is 0 Å². The van der Waals surface area contributed by atoms with E-state index in [2.05, 4.69) is 36.1 Å². The second kappa shape index (κ2) is 6.42. The first-order valence-electron chi connectivity index (χ1n) is 8.73. The molecule has 0 bridgehead atoms. The highest BCUT2D eigenvalue weighted by molar-refractivity contribution is 5.93. The van der Waals surface area contributed by atoms with Gasteiger partial charge in [0.1, 0.15) is 5.69 Å². The summed E-state index contributed by atoms with van der Waals surface area (Å²) in [5.74, 6) is 0.556. The second-order valence-electron chi connectivity index (χ2n) is 7.24. The van der Waals surface area contributed by atoms with Crippen LogP contribution in [-0.2, 0) is 13.5 Å². The fourth-order valence-corrected chi connectivity index (χ4v) is 3.74. The number of H-pyrrole nitrogens is 1. The SMILES string of the molecule is Cc1nn(C)c(C)c1[C@H]1CCCN1C(=O)c1cc(CC(C)C)[nH]n1. The molecule has 0 aliphatic carbocycles. The molecule has 1 aliphatic rings. The lowest BCUT2D eigenvalue weighted by molar-refractivity contribution is 0.0729. The van der Waals surface area contributed by atoms with Crippen molar-refractivity contribution >= 4 is 5.91 Å². The van der Waals surface area contributed by atoms with Crippen molar-refractivity contribution in [1.82, 2.24) is 24.9 Å². The maximum atomic E-state index is 13.0. The summed E-state index contributed by atoms with van der Waals surface area (Å²) < 4.78 is 1.90. The minimum atomic E-state index is 0.0198. The lowest BCUT2D eigenvalue weighted by Gasteiger charge is -2.24. The quantitative estimate of drug-likeness (QED) is 0.938. The smallest absolute Gasteiger partial charge is 0.274 e. The Kier molecular flexibility index (Phi) is 4.47. The van der Waals surface area contributed by atoms with Gasteiger partial charge in [-0.1, -0.05) is 13.8 Å². The highest BCUT2D eigenvalue weighted by atomic mass is 16.2. The molecule has 3 heterocycles. The Labute approximate surface area is 143 Å². The van der Waals surface area contributed by atoms with E-state index in [4.69, 9.17) is 0 Å². The molecule has 6 heteroatoms. The van der Waals surface area contributed by atoms with Crippen LogP contribution in [0.5, 0.6) is 0 Å². The van der Waals surface area contributed by atoms with Crippen LogP contribution < -0.4 is 0 Å². The van der Waals surface area contributed by atoms with E-state index in [0.717, 1.165) is 42.9 Å². The van der Waals surface area contributed by atoms with E-state index in [0.29, 0.717) is 11.6 Å². The molecule has 0 unspecified atom stereocenters. The number of carbonyl (C=O) groups excluding carboxylic acids is 1. The van der Waals surface area contributed by atoms with Crippen LogP contribution in [0.15, 0.2) is 6.07 Å². The summed E-state index contributed by atoms with van der Waals surface area (Å²) in [5, 5.41) is 11.8. The van der Waals surface area contributed by atoms with Crippen LogP contribution in [0.2, 0.25) is 0 Å². The molecule has 6 nitrogen and oxygen atoms in total. The molecule has 1 aliphatic heterocycles. The number of nitrogens with zero attached hydrogens (tertiary/aromatic N) is 4. The van der Waals surface area contributed by atoms with Crippen molar-refractivity contribution < 1.29 is 4.79 Å². The molecule has 0 aromatic carbocycles. The topological polar surface area (TPSA) is 66.8 Å². The first-order chi connectivity index (χ1) is 11.4. The summed E-state index contributed by atoms with van der Waals surface area (Å²) in [6, 6.07) is 2.01. The number of rotatable bonds is 4. The highest BCUT2D eigenvalue weighted by Crippen LogP contribution is 2.36. The van der Waals surface area contributed by atoms with Gasteiger partial charge in [-0.2, -0.15) is 10.2 Å². The third-order valence-corrected chi connectivity index (χ3v) is 4.89. The molecule has 0 radical (unpaired) electrons. The zero-order valence-electron chi connectivity index (χ0n) is 15.3. The summed E-state index contributed by atoms with van der Waals surface area (Å²) in [4.78, 5) is 14.9. The predicted octanol–water partition coefficient (Wildman–Crippen LogP) is 2.94. The van der Waals surface area contributed by atoms with Gasteiger partial charge in [0, 0.05) is 30.5 Å². The molecule has 24 heavy (non-hydrogen) atoms. The number of hydrogen-bond acceptors (Lipinski definition) is 3. The first kappa shape index (κ1) is 16.7. The Morgan fingerprint density at radius 1 is 1.42 bits per heavy atom. The molecule has 1 fully saturated rings. The number of carbonyl (C=O) groups is 1. The standard InChI is InChI=1S/C18H27N5O/c1-11(2)9-14-10-15(20-19-14)18(24)23-8-6-7-16(23)17-12(3)21-22(5)13(17)4/h10-11,16H,6-9H2,1-5H3,(H,19,20)/t16-/m1/s1. The first-order valence-corrected chi connectivity index (χ1v) is 8.73. The van der Waals surface area contributed by atoms with E-state index in [1.807, 2.05) is 29.6 Å². The van der Waals surface area contributed by atoms with Crippen LogP contribution in [0.4, 0.5) is 0 Å². The van der Waals surface area contributed by atoms with E-state index in [9.17, 15) is 4.79 Å². The summed E-state index contributed by atoms with van der Waals surface area (Å²) in [6.07, 6.45) is 2.92. The van der Waals surface area contributed by atoms with Crippen molar-refractivity contribution in [2.24, 2.45) is 13.0 Å². The monoisotopic (exact) mass is 329 g/mol. The molecule has 1 N–H and O–H groups in total. The Bertz CT molecular complexity index is 743. The molecule has 1 saturated heterocycles. The minimum absolute atomic E-state index is 0.0198. The summed E-state index contributed by atoms with van der Waals surface area (Å²) in [6.45, 7) is 9.20. The van der Waals surface area contributed by atoms with Crippen LogP contribution in [0.3, 0.4) is 0 Å². The average molecular weight is 329 g/mol. The van der Waals surface area contributed by atoms with Gasteiger partial charge in [-0.15, -0.1) is 0 Å². The summed E-state index contributed by atoms with van der Waals surface area (Å²) in [7, 11) is 1.96. The van der Waals surface area contributed by atoms with Gasteiger partial charge in [0.05, 0.1) is 11.7 Å². The number of amides is 1. The number of likely N-dealkylation sites (tertiary alicyclic amines) is 1. The molecule has 0 spiro atoms. The van der Waals surface area contributed by atoms with E-state index in [1.165, 1.54) is 5.56 Å². The van der Waals surface area contributed by atoms with Gasteiger partial charge < -0.3 is 4.90 Å². The number of nitrogens with one attached hydrogen (secondary N) is 1. The Morgan fingerprint density at radius 2 is 2.17 bits per heavy atom. The van der Waals surface area contributed by atoms with Gasteiger partial charge in [0.25, 0.3) is 5.91 Å². The van der Waals surface area contributed by atoms with Crippen molar-refractivity contribution in [3.05, 3.63) is 34.4 Å². The normalized spacial score (nSPS) is 17.9. The highest BCUT2D eigenvalue weighted by Gasteiger charge is 2.34. The van der Waals surface area contributed by atoms with Crippen LogP contribution in [0.1, 0.15) is 65.9 Å². The molecule has 3 rings (SSSR count). The van der Waals surface area contributed by atoms with Gasteiger partial charge in [-0.3, -0.25) is 14.6 Å². The van der Waals surface area contributed by atoms with E-state index >= 15 is 0 Å². The lowest BCUT2D eigenvalue weighted by atomic mass is 10.0. The fraction of sp³-hybridized carbons (Fsp3) is 0.611. The van der Waals surface area contributed by atoms with E-state index in [1.54, 1.807) is 0 Å². The Balaban J connectivity index is 1.85. The lowest BCUT2D eigenvalue weighted by Crippen LogP contribution is -2.31. The zero-order chi connectivity index (χ0) is 17.4. The molecule has 2 aromatic heterocycles. The second-order valence-corrected chi connectivity index (χ2v) is 7.24. The van der Waals surface area contributed by atoms with Gasteiger partial charge >= 0.3 is 0 Å².